The lowest BCUT2D eigenvalue weighted by molar-refractivity contribution is -0.127. The summed E-state index contributed by atoms with van der Waals surface area (Å²) in [6, 6.07) is 0. The lowest BCUT2D eigenvalue weighted by Gasteiger charge is -2.32. The standard InChI is InChI=1S/C13H28N2O/c1-7-8-9-13(5,11(16)14-6)15-10-12(2,3)4/h15H,7-10H2,1-6H3,(H,14,16). The number of hydrogen-bond donors (Lipinski definition) is 2. The van der Waals surface area contributed by atoms with Crippen molar-refractivity contribution in [1.29, 1.82) is 0 Å². The molecule has 1 unspecified atom stereocenters. The molecule has 16 heavy (non-hydrogen) atoms. The molecule has 0 heterocycles. The summed E-state index contributed by atoms with van der Waals surface area (Å²) in [5.41, 5.74) is -0.237. The quantitative estimate of drug-likeness (QED) is 0.732. The van der Waals surface area contributed by atoms with Gasteiger partial charge in [-0.2, -0.15) is 0 Å². The van der Waals surface area contributed by atoms with Crippen molar-refractivity contribution >= 4 is 5.91 Å². The second kappa shape index (κ2) is 6.24. The molecule has 0 radical (unpaired) electrons. The number of likely N-dealkylation sites (N-methyl/N-ethyl adjacent to an activating group) is 1. The Labute approximate surface area is 100 Å². The van der Waals surface area contributed by atoms with Gasteiger partial charge in [-0.05, 0) is 18.8 Å². The predicted octanol–water partition coefficient (Wildman–Crippen LogP) is 2.32. The van der Waals surface area contributed by atoms with Crippen LogP contribution in [0.2, 0.25) is 0 Å². The van der Waals surface area contributed by atoms with Crippen LogP contribution < -0.4 is 10.6 Å². The Morgan fingerprint density at radius 1 is 1.19 bits per heavy atom. The number of amides is 1. The van der Waals surface area contributed by atoms with Crippen LogP contribution in [0.15, 0.2) is 0 Å². The molecule has 96 valence electrons. The maximum atomic E-state index is 11.9. The van der Waals surface area contributed by atoms with Crippen molar-refractivity contribution in [1.82, 2.24) is 10.6 Å². The van der Waals surface area contributed by atoms with E-state index in [0.29, 0.717) is 0 Å². The Kier molecular flexibility index (Phi) is 6.01. The minimum absolute atomic E-state index is 0.0881. The van der Waals surface area contributed by atoms with Gasteiger partial charge in [0, 0.05) is 13.6 Å². The van der Waals surface area contributed by atoms with Gasteiger partial charge in [0.05, 0.1) is 5.54 Å². The van der Waals surface area contributed by atoms with Crippen LogP contribution >= 0.6 is 0 Å². The minimum atomic E-state index is -0.432. The highest BCUT2D eigenvalue weighted by Crippen LogP contribution is 2.18. The Balaban J connectivity index is 4.47. The Morgan fingerprint density at radius 3 is 2.12 bits per heavy atom. The third kappa shape index (κ3) is 5.50. The van der Waals surface area contributed by atoms with Gasteiger partial charge >= 0.3 is 0 Å². The van der Waals surface area contributed by atoms with E-state index in [9.17, 15) is 4.79 Å². The Morgan fingerprint density at radius 2 is 1.75 bits per heavy atom. The van der Waals surface area contributed by atoms with Crippen molar-refractivity contribution in [3.63, 3.8) is 0 Å². The van der Waals surface area contributed by atoms with Gasteiger partial charge in [0.25, 0.3) is 0 Å². The molecule has 0 saturated heterocycles. The molecule has 1 atom stereocenters. The Bertz CT molecular complexity index is 220. The summed E-state index contributed by atoms with van der Waals surface area (Å²) in [6.07, 6.45) is 3.07. The van der Waals surface area contributed by atoms with Crippen molar-refractivity contribution in [2.45, 2.75) is 59.4 Å². The number of carbonyl (C=O) groups is 1. The molecular formula is C13H28N2O. The van der Waals surface area contributed by atoms with E-state index in [4.69, 9.17) is 0 Å². The van der Waals surface area contributed by atoms with Crippen molar-refractivity contribution in [2.24, 2.45) is 5.41 Å². The van der Waals surface area contributed by atoms with Gasteiger partial charge in [0.2, 0.25) is 5.91 Å². The van der Waals surface area contributed by atoms with Gasteiger partial charge < -0.3 is 10.6 Å². The lowest BCUT2D eigenvalue weighted by atomic mass is 9.90. The van der Waals surface area contributed by atoms with Crippen LogP contribution in [0.1, 0.15) is 53.9 Å². The molecule has 2 N–H and O–H groups in total. The highest BCUT2D eigenvalue weighted by Gasteiger charge is 2.32. The molecule has 0 rings (SSSR count). The van der Waals surface area contributed by atoms with Crippen LogP contribution in [0.25, 0.3) is 0 Å². The van der Waals surface area contributed by atoms with Crippen LogP contribution in [0.5, 0.6) is 0 Å². The fraction of sp³-hybridized carbons (Fsp3) is 0.923. The highest BCUT2D eigenvalue weighted by atomic mass is 16.2. The van der Waals surface area contributed by atoms with Crippen LogP contribution in [0.4, 0.5) is 0 Å². The first kappa shape index (κ1) is 15.4. The predicted molar refractivity (Wildman–Crippen MR) is 69.5 cm³/mol. The summed E-state index contributed by atoms with van der Waals surface area (Å²) >= 11 is 0. The van der Waals surface area contributed by atoms with Crippen LogP contribution in [0, 0.1) is 5.41 Å². The van der Waals surface area contributed by atoms with Gasteiger partial charge in [0.15, 0.2) is 0 Å². The molecule has 1 amide bonds. The molecule has 0 aliphatic carbocycles. The first-order valence-corrected chi connectivity index (χ1v) is 6.22. The third-order valence-corrected chi connectivity index (χ3v) is 2.77. The summed E-state index contributed by atoms with van der Waals surface area (Å²) in [7, 11) is 1.70. The minimum Gasteiger partial charge on any atom is -0.358 e. The first-order valence-electron chi connectivity index (χ1n) is 6.22. The van der Waals surface area contributed by atoms with E-state index in [1.54, 1.807) is 7.05 Å². The first-order chi connectivity index (χ1) is 7.25. The molecule has 0 aromatic heterocycles. The summed E-state index contributed by atoms with van der Waals surface area (Å²) in [4.78, 5) is 11.9. The van der Waals surface area contributed by atoms with Gasteiger partial charge in [-0.1, -0.05) is 40.5 Å². The van der Waals surface area contributed by atoms with Crippen molar-refractivity contribution in [2.75, 3.05) is 13.6 Å². The van der Waals surface area contributed by atoms with E-state index in [1.807, 2.05) is 6.92 Å². The number of nitrogens with one attached hydrogen (secondary N) is 2. The monoisotopic (exact) mass is 228 g/mol. The van der Waals surface area contributed by atoms with Crippen molar-refractivity contribution in [3.8, 4) is 0 Å². The topological polar surface area (TPSA) is 41.1 Å². The van der Waals surface area contributed by atoms with Gasteiger partial charge in [0.1, 0.15) is 0 Å². The zero-order valence-electron chi connectivity index (χ0n) is 11.7. The maximum absolute atomic E-state index is 11.9. The zero-order valence-corrected chi connectivity index (χ0v) is 11.7. The molecule has 0 aromatic carbocycles. The molecular weight excluding hydrogens is 200 g/mol. The van der Waals surface area contributed by atoms with E-state index in [-0.39, 0.29) is 11.3 Å². The molecule has 0 aliphatic rings. The fourth-order valence-corrected chi connectivity index (χ4v) is 1.55. The molecule has 3 nitrogen and oxygen atoms in total. The number of rotatable bonds is 6. The molecule has 0 spiro atoms. The number of unbranched alkanes of at least 4 members (excludes halogenated alkanes) is 1. The van der Waals surface area contributed by atoms with Gasteiger partial charge in [-0.15, -0.1) is 0 Å². The molecule has 0 aromatic rings. The number of carbonyl (C=O) groups excluding carboxylic acids is 1. The third-order valence-electron chi connectivity index (χ3n) is 2.77. The van der Waals surface area contributed by atoms with Crippen molar-refractivity contribution < 1.29 is 4.79 Å². The maximum Gasteiger partial charge on any atom is 0.239 e. The van der Waals surface area contributed by atoms with E-state index in [0.717, 1.165) is 25.8 Å². The highest BCUT2D eigenvalue weighted by molar-refractivity contribution is 5.85. The molecule has 3 heteroatoms. The van der Waals surface area contributed by atoms with Crippen LogP contribution in [-0.2, 0) is 4.79 Å². The largest absolute Gasteiger partial charge is 0.358 e. The van der Waals surface area contributed by atoms with Gasteiger partial charge in [-0.25, -0.2) is 0 Å². The zero-order chi connectivity index (χ0) is 12.8. The van der Waals surface area contributed by atoms with Gasteiger partial charge in [-0.3, -0.25) is 4.79 Å². The summed E-state index contributed by atoms with van der Waals surface area (Å²) in [5.74, 6) is 0.0881. The number of hydrogen-bond acceptors (Lipinski definition) is 2. The summed E-state index contributed by atoms with van der Waals surface area (Å²) in [6.45, 7) is 11.5. The molecule has 0 fully saturated rings. The van der Waals surface area contributed by atoms with E-state index < -0.39 is 5.54 Å². The lowest BCUT2D eigenvalue weighted by Crippen LogP contribution is -2.55. The van der Waals surface area contributed by atoms with Crippen molar-refractivity contribution in [3.05, 3.63) is 0 Å². The molecule has 0 bridgehead atoms. The van der Waals surface area contributed by atoms with E-state index >= 15 is 0 Å². The Hall–Kier alpha value is -0.570. The smallest absolute Gasteiger partial charge is 0.239 e. The van der Waals surface area contributed by atoms with E-state index in [1.165, 1.54) is 0 Å². The second-order valence-electron chi connectivity index (χ2n) is 5.93. The fourth-order valence-electron chi connectivity index (χ4n) is 1.55. The second-order valence-corrected chi connectivity index (χ2v) is 5.93. The SMILES string of the molecule is CCCCC(C)(NCC(C)(C)C)C(=O)NC. The molecule has 0 saturated carbocycles. The van der Waals surface area contributed by atoms with Crippen LogP contribution in [-0.4, -0.2) is 25.0 Å². The summed E-state index contributed by atoms with van der Waals surface area (Å²) < 4.78 is 0. The average Bonchev–Trinajstić information content (AvgIpc) is 2.21. The normalized spacial score (nSPS) is 15.6. The average molecular weight is 228 g/mol. The van der Waals surface area contributed by atoms with E-state index in [2.05, 4.69) is 38.3 Å². The summed E-state index contributed by atoms with van der Waals surface area (Å²) in [5, 5.41) is 6.16. The van der Waals surface area contributed by atoms with Crippen LogP contribution in [0.3, 0.4) is 0 Å². The molecule has 0 aliphatic heterocycles.